The molecule has 2 atom stereocenters. The molecular weight excluding hydrogens is 216 g/mol. The molecule has 2 unspecified atom stereocenters. The van der Waals surface area contributed by atoms with Crippen molar-refractivity contribution in [1.29, 1.82) is 0 Å². The van der Waals surface area contributed by atoms with Gasteiger partial charge in [0.15, 0.2) is 0 Å². The van der Waals surface area contributed by atoms with Crippen LogP contribution in [0.4, 0.5) is 0 Å². The van der Waals surface area contributed by atoms with E-state index in [-0.39, 0.29) is 0 Å². The van der Waals surface area contributed by atoms with Crippen molar-refractivity contribution in [2.45, 2.75) is 105 Å². The summed E-state index contributed by atoms with van der Waals surface area (Å²) in [6, 6.07) is 0. The molecule has 18 heavy (non-hydrogen) atoms. The minimum Gasteiger partial charge on any atom is -0.0654 e. The highest BCUT2D eigenvalue weighted by Gasteiger charge is 2.08. The topological polar surface area (TPSA) is 0 Å². The monoisotopic (exact) mass is 254 g/mol. The second kappa shape index (κ2) is 13.4. The third-order valence-electron chi connectivity index (χ3n) is 4.16. The molecule has 0 fully saturated rings. The average molecular weight is 255 g/mol. The van der Waals surface area contributed by atoms with Crippen LogP contribution in [0.25, 0.3) is 0 Å². The minimum absolute atomic E-state index is 0.951. The summed E-state index contributed by atoms with van der Waals surface area (Å²) >= 11 is 0. The summed E-state index contributed by atoms with van der Waals surface area (Å²) in [5, 5.41) is 0. The van der Waals surface area contributed by atoms with Gasteiger partial charge in [0.25, 0.3) is 0 Å². The summed E-state index contributed by atoms with van der Waals surface area (Å²) in [4.78, 5) is 0. The van der Waals surface area contributed by atoms with Crippen molar-refractivity contribution in [3.05, 3.63) is 0 Å². The molecule has 0 aromatic carbocycles. The first-order valence-corrected chi connectivity index (χ1v) is 8.70. The Hall–Kier alpha value is 0. The van der Waals surface area contributed by atoms with E-state index in [9.17, 15) is 0 Å². The Labute approximate surface area is 117 Å². The van der Waals surface area contributed by atoms with Crippen LogP contribution in [0.1, 0.15) is 105 Å². The fraction of sp³-hybridized carbons (Fsp3) is 1.00. The third kappa shape index (κ3) is 12.5. The molecule has 0 aliphatic rings. The second-order valence-corrected chi connectivity index (χ2v) is 6.50. The molecule has 0 aliphatic carbocycles. The third-order valence-corrected chi connectivity index (χ3v) is 4.16. The van der Waals surface area contributed by atoms with E-state index in [4.69, 9.17) is 0 Å². The average Bonchev–Trinajstić information content (AvgIpc) is 2.34. The van der Waals surface area contributed by atoms with Gasteiger partial charge in [-0.2, -0.15) is 0 Å². The lowest BCUT2D eigenvalue weighted by Crippen LogP contribution is -2.03. The summed E-state index contributed by atoms with van der Waals surface area (Å²) in [5.41, 5.74) is 0. The van der Waals surface area contributed by atoms with Gasteiger partial charge in [0.05, 0.1) is 0 Å². The lowest BCUT2D eigenvalue weighted by Gasteiger charge is -2.17. The second-order valence-electron chi connectivity index (χ2n) is 6.50. The van der Waals surface area contributed by atoms with Gasteiger partial charge >= 0.3 is 0 Å². The molecule has 110 valence electrons. The van der Waals surface area contributed by atoms with Crippen molar-refractivity contribution in [3.63, 3.8) is 0 Å². The van der Waals surface area contributed by atoms with Crippen LogP contribution in [0.15, 0.2) is 0 Å². The van der Waals surface area contributed by atoms with Gasteiger partial charge in [-0.3, -0.25) is 0 Å². The lowest BCUT2D eigenvalue weighted by molar-refractivity contribution is 0.358. The summed E-state index contributed by atoms with van der Waals surface area (Å²) in [7, 11) is 0. The highest BCUT2D eigenvalue weighted by atomic mass is 14.1. The van der Waals surface area contributed by atoms with Crippen LogP contribution < -0.4 is 0 Å². The maximum absolute atomic E-state index is 2.46. The summed E-state index contributed by atoms with van der Waals surface area (Å²) < 4.78 is 0. The Kier molecular flexibility index (Phi) is 13.4. The molecule has 0 saturated carbocycles. The van der Waals surface area contributed by atoms with Crippen molar-refractivity contribution >= 4 is 0 Å². The normalized spacial score (nSPS) is 14.7. The Balaban J connectivity index is 3.32. The van der Waals surface area contributed by atoms with E-state index in [1.165, 1.54) is 77.0 Å². The Morgan fingerprint density at radius 1 is 0.556 bits per heavy atom. The van der Waals surface area contributed by atoms with Gasteiger partial charge in [0, 0.05) is 0 Å². The standard InChI is InChI=1S/C18H38/c1-5-7-9-10-11-13-15-18(4)16-17(3)14-12-8-6-2/h17-18H,5-16H2,1-4H3. The van der Waals surface area contributed by atoms with Gasteiger partial charge in [-0.25, -0.2) is 0 Å². The van der Waals surface area contributed by atoms with E-state index in [2.05, 4.69) is 27.7 Å². The van der Waals surface area contributed by atoms with Crippen LogP contribution in [0.2, 0.25) is 0 Å². The minimum atomic E-state index is 0.951. The van der Waals surface area contributed by atoms with Crippen LogP contribution in [-0.2, 0) is 0 Å². The van der Waals surface area contributed by atoms with Gasteiger partial charge in [-0.1, -0.05) is 98.3 Å². The van der Waals surface area contributed by atoms with E-state index in [0.29, 0.717) is 0 Å². The SMILES string of the molecule is CCCCCCCCC(C)CC(C)CCCCC. The number of hydrogen-bond donors (Lipinski definition) is 0. The first-order valence-electron chi connectivity index (χ1n) is 8.70. The molecule has 0 nitrogen and oxygen atoms in total. The first-order chi connectivity index (χ1) is 8.70. The molecule has 0 aromatic heterocycles. The van der Waals surface area contributed by atoms with Crippen LogP contribution in [0.5, 0.6) is 0 Å². The van der Waals surface area contributed by atoms with Crippen molar-refractivity contribution in [3.8, 4) is 0 Å². The van der Waals surface area contributed by atoms with E-state index in [1.807, 2.05) is 0 Å². The van der Waals surface area contributed by atoms with E-state index >= 15 is 0 Å². The van der Waals surface area contributed by atoms with Gasteiger partial charge in [0.1, 0.15) is 0 Å². The number of hydrogen-bond acceptors (Lipinski definition) is 0. The zero-order chi connectivity index (χ0) is 13.6. The largest absolute Gasteiger partial charge is 0.0654 e. The summed E-state index contributed by atoms with van der Waals surface area (Å²) in [6.45, 7) is 9.50. The fourth-order valence-corrected chi connectivity index (χ4v) is 2.94. The molecule has 0 aliphatic heterocycles. The first kappa shape index (κ1) is 18.0. The summed E-state index contributed by atoms with van der Waals surface area (Å²) in [5.74, 6) is 1.90. The van der Waals surface area contributed by atoms with E-state index in [1.54, 1.807) is 0 Å². The maximum atomic E-state index is 2.46. The Morgan fingerprint density at radius 3 is 1.50 bits per heavy atom. The molecule has 0 rings (SSSR count). The molecule has 0 radical (unpaired) electrons. The molecule has 0 saturated heterocycles. The van der Waals surface area contributed by atoms with Gasteiger partial charge in [0.2, 0.25) is 0 Å². The fourth-order valence-electron chi connectivity index (χ4n) is 2.94. The van der Waals surface area contributed by atoms with Gasteiger partial charge in [-0.05, 0) is 18.3 Å². The summed E-state index contributed by atoms with van der Waals surface area (Å²) in [6.07, 6.45) is 17.3. The predicted octanol–water partition coefficient (Wildman–Crippen LogP) is 6.98. The Morgan fingerprint density at radius 2 is 0.944 bits per heavy atom. The van der Waals surface area contributed by atoms with E-state index in [0.717, 1.165) is 11.8 Å². The van der Waals surface area contributed by atoms with Crippen molar-refractivity contribution in [1.82, 2.24) is 0 Å². The highest BCUT2D eigenvalue weighted by molar-refractivity contribution is 4.61. The van der Waals surface area contributed by atoms with Crippen molar-refractivity contribution in [2.75, 3.05) is 0 Å². The number of unbranched alkanes of at least 4 members (excludes halogenated alkanes) is 7. The predicted molar refractivity (Wildman–Crippen MR) is 85.1 cm³/mol. The van der Waals surface area contributed by atoms with Crippen LogP contribution in [0, 0.1) is 11.8 Å². The lowest BCUT2D eigenvalue weighted by atomic mass is 9.89. The molecule has 0 bridgehead atoms. The van der Waals surface area contributed by atoms with Gasteiger partial charge in [-0.15, -0.1) is 0 Å². The number of rotatable bonds is 13. The highest BCUT2D eigenvalue weighted by Crippen LogP contribution is 2.22. The quantitative estimate of drug-likeness (QED) is 0.311. The van der Waals surface area contributed by atoms with Crippen LogP contribution in [-0.4, -0.2) is 0 Å². The zero-order valence-corrected chi connectivity index (χ0v) is 13.6. The van der Waals surface area contributed by atoms with E-state index < -0.39 is 0 Å². The van der Waals surface area contributed by atoms with Gasteiger partial charge < -0.3 is 0 Å². The molecule has 0 heteroatoms. The van der Waals surface area contributed by atoms with Crippen LogP contribution >= 0.6 is 0 Å². The van der Waals surface area contributed by atoms with Crippen molar-refractivity contribution in [2.24, 2.45) is 11.8 Å². The van der Waals surface area contributed by atoms with Crippen molar-refractivity contribution < 1.29 is 0 Å². The van der Waals surface area contributed by atoms with Crippen LogP contribution in [0.3, 0.4) is 0 Å². The molecular formula is C18H38. The smallest absolute Gasteiger partial charge is 0.0440 e. The Bertz CT molecular complexity index is 150. The molecule has 0 aromatic rings. The maximum Gasteiger partial charge on any atom is -0.0440 e. The zero-order valence-electron chi connectivity index (χ0n) is 13.6. The molecule has 0 amide bonds. The molecule has 0 heterocycles. The molecule has 0 spiro atoms. The molecule has 0 N–H and O–H groups in total.